The summed E-state index contributed by atoms with van der Waals surface area (Å²) in [5.41, 5.74) is -4.48. The van der Waals surface area contributed by atoms with Crippen molar-refractivity contribution in [3.8, 4) is 16.9 Å². The summed E-state index contributed by atoms with van der Waals surface area (Å²) in [7, 11) is 1.23. The molecule has 3 aromatic carbocycles. The number of rotatable bonds is 6. The minimum Gasteiger partial charge on any atom is -0.496 e. The predicted molar refractivity (Wildman–Crippen MR) is 185 cm³/mol. The molecule has 1 amide bonds. The molecule has 0 radical (unpaired) electrons. The third-order valence-electron chi connectivity index (χ3n) is 7.33. The van der Waals surface area contributed by atoms with Gasteiger partial charge in [0.15, 0.2) is 0 Å². The Balaban J connectivity index is -0.00000158. The summed E-state index contributed by atoms with van der Waals surface area (Å²) < 4.78 is 147. The number of carbonyl (C=O) groups is 1. The van der Waals surface area contributed by atoms with Gasteiger partial charge in [-0.25, -0.2) is 9.18 Å². The predicted octanol–water partition coefficient (Wildman–Crippen LogP) is 14.2. The van der Waals surface area contributed by atoms with E-state index < -0.39 is 71.4 Å². The van der Waals surface area contributed by atoms with E-state index >= 15 is 0 Å². The highest BCUT2D eigenvalue weighted by Gasteiger charge is 2.44. The molecule has 2 atom stereocenters. The van der Waals surface area contributed by atoms with E-state index in [-0.39, 0.29) is 92.0 Å². The first kappa shape index (κ1) is 53.8. The fourth-order valence-electron chi connectivity index (χ4n) is 5.04. The van der Waals surface area contributed by atoms with Gasteiger partial charge in [0, 0.05) is 11.6 Å². The lowest BCUT2D eigenvalue weighted by Gasteiger charge is -2.24. The van der Waals surface area contributed by atoms with Crippen molar-refractivity contribution in [3.63, 3.8) is 0 Å². The summed E-state index contributed by atoms with van der Waals surface area (Å²) in [6, 6.07) is 4.71. The van der Waals surface area contributed by atoms with Gasteiger partial charge in [0.05, 0.1) is 36.4 Å². The number of hydrogen-bond acceptors (Lipinski definition) is 3. The molecule has 4 nitrogen and oxygen atoms in total. The van der Waals surface area contributed by atoms with Gasteiger partial charge >= 0.3 is 24.6 Å². The maximum absolute atomic E-state index is 14.7. The van der Waals surface area contributed by atoms with E-state index in [0.717, 1.165) is 29.2 Å². The molecule has 1 fully saturated rings. The van der Waals surface area contributed by atoms with Crippen LogP contribution >= 0.6 is 0 Å². The number of benzene rings is 3. The first-order valence-electron chi connectivity index (χ1n) is 13.1. The van der Waals surface area contributed by atoms with Gasteiger partial charge in [0.25, 0.3) is 0 Å². The SMILES string of the molecule is C.C.C.C.C.C.C.COc1cc(F)c(C(C)C)cc1-c1ccc(C(F)(F)F)cc1CN1C(=O)O[C@H](c2cc(C(F)(F)F)cc(C(F)(F)F)c2)[C@@H]1C. The number of halogens is 10. The minimum atomic E-state index is -5.16. The van der Waals surface area contributed by atoms with E-state index in [1.807, 2.05) is 0 Å². The Morgan fingerprint density at radius 2 is 1.22 bits per heavy atom. The summed E-state index contributed by atoms with van der Waals surface area (Å²) >= 11 is 0. The molecule has 1 heterocycles. The van der Waals surface area contributed by atoms with Crippen molar-refractivity contribution in [2.24, 2.45) is 0 Å². The van der Waals surface area contributed by atoms with Gasteiger partial charge in [-0.3, -0.25) is 4.90 Å². The smallest absolute Gasteiger partial charge is 0.416 e. The standard InChI is InChI=1S/C30H25F10NO3.7CH4/c1-14(2)22-11-23(25(43-4)12-24(22)31)21-6-5-18(28(32,33)34)9-17(21)13-41-15(3)26(44-27(41)42)16-7-19(29(35,36)37)10-20(8-16)30(38,39)40;;;;;;;/h5-12,14-15,26H,13H2,1-4H3;7*1H4/t15-,26-;;;;;;;/m0......./s1. The molecule has 4 rings (SSSR count). The maximum Gasteiger partial charge on any atom is 0.416 e. The lowest BCUT2D eigenvalue weighted by molar-refractivity contribution is -0.143. The number of methoxy groups -OCH3 is 1. The largest absolute Gasteiger partial charge is 0.496 e. The van der Waals surface area contributed by atoms with E-state index in [0.29, 0.717) is 12.1 Å². The molecular formula is C37H53F10NO3. The molecule has 0 bridgehead atoms. The molecule has 1 aliphatic heterocycles. The van der Waals surface area contributed by atoms with E-state index in [1.54, 1.807) is 13.8 Å². The number of ether oxygens (including phenoxy) is 2. The van der Waals surface area contributed by atoms with Crippen molar-refractivity contribution in [2.75, 3.05) is 7.11 Å². The average Bonchev–Trinajstić information content (AvgIpc) is 3.19. The Bertz CT molecular complexity index is 1530. The zero-order chi connectivity index (χ0) is 32.9. The molecule has 3 aromatic rings. The van der Waals surface area contributed by atoms with E-state index in [4.69, 9.17) is 9.47 Å². The molecule has 0 aromatic heterocycles. The minimum absolute atomic E-state index is 0. The van der Waals surface area contributed by atoms with Gasteiger partial charge in [0.1, 0.15) is 17.7 Å². The van der Waals surface area contributed by atoms with Gasteiger partial charge < -0.3 is 9.47 Å². The van der Waals surface area contributed by atoms with Crippen LogP contribution in [0.25, 0.3) is 11.1 Å². The number of cyclic esters (lactones) is 1. The van der Waals surface area contributed by atoms with Crippen LogP contribution in [0.1, 0.15) is 118 Å². The maximum atomic E-state index is 14.7. The molecule has 0 saturated carbocycles. The normalized spacial score (nSPS) is 15.4. The van der Waals surface area contributed by atoms with Gasteiger partial charge in [-0.05, 0) is 71.5 Å². The Labute approximate surface area is 296 Å². The number of amides is 1. The average molecular weight is 750 g/mol. The van der Waals surface area contributed by atoms with Crippen molar-refractivity contribution in [1.29, 1.82) is 0 Å². The molecular weight excluding hydrogens is 696 g/mol. The third-order valence-corrected chi connectivity index (χ3v) is 7.33. The second-order valence-electron chi connectivity index (χ2n) is 10.6. The van der Waals surface area contributed by atoms with Crippen LogP contribution in [0.2, 0.25) is 0 Å². The summed E-state index contributed by atoms with van der Waals surface area (Å²) in [6.07, 6.45) is -17.9. The number of hydrogen-bond donors (Lipinski definition) is 0. The molecule has 0 unspecified atom stereocenters. The summed E-state index contributed by atoms with van der Waals surface area (Å²) in [5, 5.41) is 0. The van der Waals surface area contributed by atoms with Crippen LogP contribution in [0.5, 0.6) is 5.75 Å². The van der Waals surface area contributed by atoms with Gasteiger partial charge in [0.2, 0.25) is 0 Å². The van der Waals surface area contributed by atoms with Crippen molar-refractivity contribution < 1.29 is 58.2 Å². The first-order chi connectivity index (χ1) is 20.2. The molecule has 51 heavy (non-hydrogen) atoms. The van der Waals surface area contributed by atoms with Gasteiger partial charge in [-0.15, -0.1) is 0 Å². The fourth-order valence-corrected chi connectivity index (χ4v) is 5.04. The van der Waals surface area contributed by atoms with E-state index in [1.165, 1.54) is 20.1 Å². The second kappa shape index (κ2) is 19.0. The highest BCUT2D eigenvalue weighted by Crippen LogP contribution is 2.43. The fraction of sp³-hybridized carbons (Fsp3) is 0.486. The number of nitrogens with zero attached hydrogens (tertiary/aromatic N) is 1. The van der Waals surface area contributed by atoms with Crippen LogP contribution in [0.3, 0.4) is 0 Å². The molecule has 0 N–H and O–H groups in total. The number of alkyl halides is 9. The van der Waals surface area contributed by atoms with Crippen molar-refractivity contribution in [3.05, 3.63) is 87.7 Å². The summed E-state index contributed by atoms with van der Waals surface area (Å²) in [4.78, 5) is 13.8. The highest BCUT2D eigenvalue weighted by atomic mass is 19.4. The monoisotopic (exact) mass is 749 g/mol. The first-order valence-corrected chi connectivity index (χ1v) is 13.1. The zero-order valence-electron chi connectivity index (χ0n) is 23.5. The lowest BCUT2D eigenvalue weighted by Crippen LogP contribution is -2.32. The zero-order valence-corrected chi connectivity index (χ0v) is 23.5. The third kappa shape index (κ3) is 11.3. The second-order valence-corrected chi connectivity index (χ2v) is 10.6. The van der Waals surface area contributed by atoms with E-state index in [9.17, 15) is 48.7 Å². The van der Waals surface area contributed by atoms with Crippen LogP contribution in [0, 0.1) is 5.82 Å². The Hall–Kier alpha value is -3.97. The summed E-state index contributed by atoms with van der Waals surface area (Å²) in [5.74, 6) is -0.972. The van der Waals surface area contributed by atoms with Crippen LogP contribution in [-0.4, -0.2) is 24.1 Å². The molecule has 0 spiro atoms. The van der Waals surface area contributed by atoms with Crippen LogP contribution < -0.4 is 4.74 Å². The number of carbonyl (C=O) groups excluding carboxylic acids is 1. The van der Waals surface area contributed by atoms with Gasteiger partial charge in [-0.2, -0.15) is 39.5 Å². The molecule has 294 valence electrons. The molecule has 1 aliphatic rings. The topological polar surface area (TPSA) is 38.8 Å². The Kier molecular flexibility index (Phi) is 20.1. The van der Waals surface area contributed by atoms with Crippen LogP contribution in [-0.2, 0) is 29.8 Å². The van der Waals surface area contributed by atoms with Crippen molar-refractivity contribution >= 4 is 6.09 Å². The van der Waals surface area contributed by atoms with E-state index in [2.05, 4.69) is 0 Å². The highest BCUT2D eigenvalue weighted by molar-refractivity contribution is 5.76. The van der Waals surface area contributed by atoms with Crippen LogP contribution in [0.4, 0.5) is 48.7 Å². The molecule has 0 aliphatic carbocycles. The molecule has 14 heteroatoms. The Morgan fingerprint density at radius 3 is 1.65 bits per heavy atom. The lowest BCUT2D eigenvalue weighted by atomic mass is 9.91. The summed E-state index contributed by atoms with van der Waals surface area (Å²) in [6.45, 7) is 4.09. The van der Waals surface area contributed by atoms with Crippen molar-refractivity contribution in [2.45, 2.75) is 116 Å². The Morgan fingerprint density at radius 1 is 0.725 bits per heavy atom. The quantitative estimate of drug-likeness (QED) is 0.236. The molecule has 1 saturated heterocycles. The van der Waals surface area contributed by atoms with Crippen molar-refractivity contribution in [1.82, 2.24) is 4.90 Å². The van der Waals surface area contributed by atoms with Gasteiger partial charge in [-0.1, -0.05) is 71.9 Å². The van der Waals surface area contributed by atoms with Crippen LogP contribution in [0.15, 0.2) is 48.5 Å².